The summed E-state index contributed by atoms with van der Waals surface area (Å²) in [5.74, 6) is 2.01. The van der Waals surface area contributed by atoms with Crippen LogP contribution in [0.5, 0.6) is 0 Å². The summed E-state index contributed by atoms with van der Waals surface area (Å²) in [7, 11) is 0. The Morgan fingerprint density at radius 1 is 1.08 bits per heavy atom. The van der Waals surface area contributed by atoms with Gasteiger partial charge in [-0.2, -0.15) is 0 Å². The molecule has 0 spiro atoms. The maximum atomic E-state index is 12.5. The third-order valence-electron chi connectivity index (χ3n) is 6.10. The lowest BCUT2D eigenvalue weighted by Crippen LogP contribution is -2.49. The Labute approximate surface area is 151 Å². The van der Waals surface area contributed by atoms with Gasteiger partial charge in [0.2, 0.25) is 0 Å². The molecule has 7 heteroatoms. The molecule has 0 radical (unpaired) electrons. The van der Waals surface area contributed by atoms with Crippen molar-refractivity contribution >= 4 is 17.9 Å². The Morgan fingerprint density at radius 3 is 2.38 bits per heavy atom. The lowest BCUT2D eigenvalue weighted by Gasteiger charge is -2.53. The first kappa shape index (κ1) is 17.1. The van der Waals surface area contributed by atoms with Gasteiger partial charge in [-0.05, 0) is 67.9 Å². The van der Waals surface area contributed by atoms with Gasteiger partial charge >= 0.3 is 12.0 Å². The summed E-state index contributed by atoms with van der Waals surface area (Å²) in [5.41, 5.74) is 0. The van der Waals surface area contributed by atoms with Crippen LogP contribution in [0.25, 0.3) is 0 Å². The maximum Gasteiger partial charge on any atom is 0.321 e. The van der Waals surface area contributed by atoms with Crippen molar-refractivity contribution in [3.63, 3.8) is 0 Å². The van der Waals surface area contributed by atoms with E-state index in [0.29, 0.717) is 17.6 Å². The standard InChI is InChI=1S/C19H24N2O5/c22-16(21-19(24)20-9-15-2-1-3-25-15)10-26-18(23)17-13-5-11-4-12(7-13)8-14(17)6-11/h1-3,11-14,17H,4-10H2,(H2,20,21,22,24). The molecule has 0 aliphatic heterocycles. The predicted molar refractivity (Wildman–Crippen MR) is 90.6 cm³/mol. The van der Waals surface area contributed by atoms with E-state index in [0.717, 1.165) is 37.5 Å². The summed E-state index contributed by atoms with van der Waals surface area (Å²) < 4.78 is 10.3. The molecular formula is C19H24N2O5. The van der Waals surface area contributed by atoms with Crippen LogP contribution in [0.3, 0.4) is 0 Å². The molecule has 4 bridgehead atoms. The van der Waals surface area contributed by atoms with E-state index in [1.54, 1.807) is 12.1 Å². The highest BCUT2D eigenvalue weighted by molar-refractivity contribution is 5.95. The van der Waals surface area contributed by atoms with E-state index in [4.69, 9.17) is 9.15 Å². The number of furan rings is 1. The van der Waals surface area contributed by atoms with Gasteiger partial charge < -0.3 is 14.5 Å². The molecule has 4 fully saturated rings. The summed E-state index contributed by atoms with van der Waals surface area (Å²) in [4.78, 5) is 36.0. The molecule has 4 aliphatic carbocycles. The molecule has 0 atom stereocenters. The van der Waals surface area contributed by atoms with Gasteiger partial charge in [0.15, 0.2) is 6.61 Å². The van der Waals surface area contributed by atoms with Crippen LogP contribution in [-0.2, 0) is 20.9 Å². The average Bonchev–Trinajstić information content (AvgIpc) is 3.11. The second-order valence-corrected chi connectivity index (χ2v) is 7.87. The van der Waals surface area contributed by atoms with Crippen LogP contribution in [0.2, 0.25) is 0 Å². The molecule has 26 heavy (non-hydrogen) atoms. The third-order valence-corrected chi connectivity index (χ3v) is 6.10. The number of carbonyl (C=O) groups is 3. The fraction of sp³-hybridized carbons (Fsp3) is 0.632. The highest BCUT2D eigenvalue weighted by Crippen LogP contribution is 2.56. The van der Waals surface area contributed by atoms with Crippen molar-refractivity contribution < 1.29 is 23.5 Å². The molecule has 140 valence electrons. The normalized spacial score (nSPS) is 31.5. The number of ether oxygens (including phenoxy) is 1. The number of nitrogens with one attached hydrogen (secondary N) is 2. The molecule has 4 aliphatic rings. The van der Waals surface area contributed by atoms with Crippen molar-refractivity contribution in [3.05, 3.63) is 24.2 Å². The van der Waals surface area contributed by atoms with E-state index >= 15 is 0 Å². The minimum absolute atomic E-state index is 0.0663. The maximum absolute atomic E-state index is 12.5. The van der Waals surface area contributed by atoms with Gasteiger partial charge in [-0.3, -0.25) is 14.9 Å². The van der Waals surface area contributed by atoms with Crippen molar-refractivity contribution in [3.8, 4) is 0 Å². The quantitative estimate of drug-likeness (QED) is 0.785. The van der Waals surface area contributed by atoms with E-state index in [1.165, 1.54) is 12.7 Å². The predicted octanol–water partition coefficient (Wildman–Crippen LogP) is 2.22. The zero-order chi connectivity index (χ0) is 18.1. The van der Waals surface area contributed by atoms with Crippen LogP contribution in [-0.4, -0.2) is 24.5 Å². The van der Waals surface area contributed by atoms with E-state index in [9.17, 15) is 14.4 Å². The first-order valence-electron chi connectivity index (χ1n) is 9.35. The zero-order valence-corrected chi connectivity index (χ0v) is 14.6. The second-order valence-electron chi connectivity index (χ2n) is 7.87. The van der Waals surface area contributed by atoms with Crippen LogP contribution in [0.15, 0.2) is 22.8 Å². The molecule has 4 saturated carbocycles. The van der Waals surface area contributed by atoms with E-state index in [-0.39, 0.29) is 18.4 Å². The molecule has 1 aromatic rings. The van der Waals surface area contributed by atoms with Gasteiger partial charge in [-0.25, -0.2) is 4.79 Å². The molecular weight excluding hydrogens is 336 g/mol. The van der Waals surface area contributed by atoms with Crippen LogP contribution in [0, 0.1) is 29.6 Å². The number of esters is 1. The van der Waals surface area contributed by atoms with Crippen molar-refractivity contribution in [1.82, 2.24) is 10.6 Å². The topological polar surface area (TPSA) is 97.6 Å². The largest absolute Gasteiger partial charge is 0.467 e. The van der Waals surface area contributed by atoms with E-state index in [2.05, 4.69) is 10.6 Å². The van der Waals surface area contributed by atoms with E-state index in [1.807, 2.05) is 0 Å². The van der Waals surface area contributed by atoms with Crippen LogP contribution >= 0.6 is 0 Å². The molecule has 0 saturated heterocycles. The van der Waals surface area contributed by atoms with Gasteiger partial charge in [-0.15, -0.1) is 0 Å². The van der Waals surface area contributed by atoms with Crippen molar-refractivity contribution in [2.24, 2.45) is 29.6 Å². The first-order chi connectivity index (χ1) is 12.6. The summed E-state index contributed by atoms with van der Waals surface area (Å²) in [6.07, 6.45) is 7.30. The molecule has 1 heterocycles. The molecule has 0 unspecified atom stereocenters. The molecule has 2 N–H and O–H groups in total. The van der Waals surface area contributed by atoms with Crippen LogP contribution in [0.4, 0.5) is 4.79 Å². The minimum atomic E-state index is -0.642. The molecule has 0 aromatic carbocycles. The van der Waals surface area contributed by atoms with Gasteiger partial charge in [0.1, 0.15) is 5.76 Å². The lowest BCUT2D eigenvalue weighted by atomic mass is 9.52. The van der Waals surface area contributed by atoms with Crippen molar-refractivity contribution in [2.45, 2.75) is 38.6 Å². The summed E-state index contributed by atoms with van der Waals surface area (Å²) in [5, 5.41) is 4.66. The Bertz CT molecular complexity index is 656. The van der Waals surface area contributed by atoms with Crippen molar-refractivity contribution in [2.75, 3.05) is 6.61 Å². The smallest absolute Gasteiger partial charge is 0.321 e. The third kappa shape index (κ3) is 3.61. The zero-order valence-electron chi connectivity index (χ0n) is 14.6. The highest BCUT2D eigenvalue weighted by atomic mass is 16.5. The number of carbonyl (C=O) groups excluding carboxylic acids is 3. The van der Waals surface area contributed by atoms with Crippen LogP contribution in [0.1, 0.15) is 37.9 Å². The Hall–Kier alpha value is -2.31. The summed E-state index contributed by atoms with van der Waals surface area (Å²) in [6, 6.07) is 2.79. The SMILES string of the molecule is O=C(COC(=O)C1C2CC3CC(C2)CC1C3)NC(=O)NCc1ccco1. The molecule has 5 rings (SSSR count). The highest BCUT2D eigenvalue weighted by Gasteiger charge is 2.51. The van der Waals surface area contributed by atoms with Gasteiger partial charge in [0.05, 0.1) is 18.7 Å². The molecule has 1 aromatic heterocycles. The van der Waals surface area contributed by atoms with Gasteiger partial charge in [-0.1, -0.05) is 0 Å². The fourth-order valence-corrected chi connectivity index (χ4v) is 5.33. The lowest BCUT2D eigenvalue weighted by molar-refractivity contribution is -0.164. The fourth-order valence-electron chi connectivity index (χ4n) is 5.33. The number of hydrogen-bond donors (Lipinski definition) is 2. The minimum Gasteiger partial charge on any atom is -0.467 e. The molecule has 7 nitrogen and oxygen atoms in total. The van der Waals surface area contributed by atoms with Gasteiger partial charge in [0.25, 0.3) is 5.91 Å². The van der Waals surface area contributed by atoms with E-state index < -0.39 is 18.5 Å². The summed E-state index contributed by atoms with van der Waals surface area (Å²) >= 11 is 0. The Balaban J connectivity index is 1.20. The Kier molecular flexibility index (Phi) is 4.70. The van der Waals surface area contributed by atoms with Crippen molar-refractivity contribution in [1.29, 1.82) is 0 Å². The number of hydrogen-bond acceptors (Lipinski definition) is 5. The van der Waals surface area contributed by atoms with Gasteiger partial charge in [0, 0.05) is 0 Å². The number of amides is 3. The van der Waals surface area contributed by atoms with Crippen LogP contribution < -0.4 is 10.6 Å². The number of urea groups is 1. The summed E-state index contributed by atoms with van der Waals surface area (Å²) in [6.45, 7) is -0.241. The first-order valence-corrected chi connectivity index (χ1v) is 9.35. The number of rotatable bonds is 5. The number of imide groups is 1. The second kappa shape index (κ2) is 7.13. The molecule has 3 amide bonds. The Morgan fingerprint density at radius 2 is 1.77 bits per heavy atom. The monoisotopic (exact) mass is 360 g/mol. The average molecular weight is 360 g/mol.